The van der Waals surface area contributed by atoms with Crippen molar-refractivity contribution in [3.8, 4) is 11.5 Å². The van der Waals surface area contributed by atoms with Crippen LogP contribution in [0.1, 0.15) is 29.8 Å². The Labute approximate surface area is 112 Å². The summed E-state index contributed by atoms with van der Waals surface area (Å²) in [6.07, 6.45) is 0.800. The van der Waals surface area contributed by atoms with Crippen LogP contribution in [0.25, 0.3) is 0 Å². The van der Waals surface area contributed by atoms with Crippen LogP contribution in [0.2, 0.25) is 0 Å². The van der Waals surface area contributed by atoms with E-state index in [1.165, 1.54) is 21.1 Å². The van der Waals surface area contributed by atoms with Crippen LogP contribution in [-0.4, -0.2) is 32.6 Å². The number of benzene rings is 1. The summed E-state index contributed by atoms with van der Waals surface area (Å²) < 4.78 is 15.6. The topological polar surface area (TPSA) is 61.8 Å². The molecular formula is C14H18O5. The normalized spacial score (nSPS) is 11.6. The minimum absolute atomic E-state index is 0.331. The van der Waals surface area contributed by atoms with Crippen LogP contribution in [-0.2, 0) is 16.0 Å². The summed E-state index contributed by atoms with van der Waals surface area (Å²) in [7, 11) is 3.02. The van der Waals surface area contributed by atoms with Gasteiger partial charge in [-0.2, -0.15) is 0 Å². The molecule has 104 valence electrons. The van der Waals surface area contributed by atoms with E-state index < -0.39 is 0 Å². The molecule has 0 saturated heterocycles. The molecule has 1 unspecified atom stereocenters. The first kappa shape index (κ1) is 15.0. The van der Waals surface area contributed by atoms with Gasteiger partial charge in [-0.05, 0) is 19.1 Å². The van der Waals surface area contributed by atoms with Gasteiger partial charge in [0, 0.05) is 18.9 Å². The lowest BCUT2D eigenvalue weighted by molar-refractivity contribution is -0.145. The third-order valence-electron chi connectivity index (χ3n) is 2.66. The van der Waals surface area contributed by atoms with E-state index in [1.807, 2.05) is 0 Å². The molecule has 0 aliphatic carbocycles. The van der Waals surface area contributed by atoms with Crippen molar-refractivity contribution >= 4 is 12.3 Å². The number of carbonyl (C=O) groups is 2. The van der Waals surface area contributed by atoms with Gasteiger partial charge < -0.3 is 14.2 Å². The van der Waals surface area contributed by atoms with Crippen molar-refractivity contribution in [2.75, 3.05) is 14.2 Å². The van der Waals surface area contributed by atoms with Crippen LogP contribution in [0.4, 0.5) is 0 Å². The number of methoxy groups -OCH3 is 2. The van der Waals surface area contributed by atoms with Gasteiger partial charge in [0.15, 0.2) is 6.29 Å². The number of rotatable bonds is 6. The maximum Gasteiger partial charge on any atom is 0.302 e. The molecule has 1 atom stereocenters. The number of hydrogen-bond donors (Lipinski definition) is 0. The molecule has 0 bridgehead atoms. The first-order valence-corrected chi connectivity index (χ1v) is 5.89. The van der Waals surface area contributed by atoms with Crippen LogP contribution in [0.15, 0.2) is 12.1 Å². The summed E-state index contributed by atoms with van der Waals surface area (Å²) >= 11 is 0. The minimum Gasteiger partial charge on any atom is -0.496 e. The van der Waals surface area contributed by atoms with E-state index in [-0.39, 0.29) is 12.1 Å². The predicted octanol–water partition coefficient (Wildman–Crippen LogP) is 2.01. The SMILES string of the molecule is COc1ccc(C=O)c(OC)c1CC(C)OC(C)=O. The monoisotopic (exact) mass is 266 g/mol. The zero-order valence-electron chi connectivity index (χ0n) is 11.6. The Morgan fingerprint density at radius 3 is 2.47 bits per heavy atom. The number of carbonyl (C=O) groups excluding carboxylic acids is 2. The molecule has 0 saturated carbocycles. The average Bonchev–Trinajstić information content (AvgIpc) is 2.37. The number of esters is 1. The highest BCUT2D eigenvalue weighted by Crippen LogP contribution is 2.32. The fraction of sp³-hybridized carbons (Fsp3) is 0.429. The van der Waals surface area contributed by atoms with Gasteiger partial charge in [0.05, 0.1) is 19.8 Å². The van der Waals surface area contributed by atoms with Crippen LogP contribution in [0.3, 0.4) is 0 Å². The van der Waals surface area contributed by atoms with E-state index in [9.17, 15) is 9.59 Å². The molecule has 0 radical (unpaired) electrons. The summed E-state index contributed by atoms with van der Waals surface area (Å²) in [5.41, 5.74) is 1.15. The maximum atomic E-state index is 11.0. The largest absolute Gasteiger partial charge is 0.496 e. The van der Waals surface area contributed by atoms with Crippen molar-refractivity contribution in [2.45, 2.75) is 26.4 Å². The quantitative estimate of drug-likeness (QED) is 0.582. The first-order valence-electron chi connectivity index (χ1n) is 5.89. The van der Waals surface area contributed by atoms with Gasteiger partial charge in [-0.1, -0.05) is 0 Å². The molecule has 0 aliphatic rings. The standard InChI is InChI=1S/C14H18O5/c1-9(19-10(2)16)7-12-13(17-3)6-5-11(8-15)14(12)18-4/h5-6,8-9H,7H2,1-4H3. The molecule has 0 amide bonds. The second-order valence-corrected chi connectivity index (χ2v) is 4.11. The van der Waals surface area contributed by atoms with Crippen molar-refractivity contribution in [3.63, 3.8) is 0 Å². The maximum absolute atomic E-state index is 11.0. The molecule has 5 heteroatoms. The lowest BCUT2D eigenvalue weighted by Gasteiger charge is -2.18. The molecule has 0 spiro atoms. The van der Waals surface area contributed by atoms with Crippen molar-refractivity contribution in [3.05, 3.63) is 23.3 Å². The molecule has 1 rings (SSSR count). The fourth-order valence-corrected chi connectivity index (χ4v) is 1.96. The number of ether oxygens (including phenoxy) is 3. The highest BCUT2D eigenvalue weighted by molar-refractivity contribution is 5.81. The number of hydrogen-bond acceptors (Lipinski definition) is 5. The Bertz CT molecular complexity index is 467. The van der Waals surface area contributed by atoms with Gasteiger partial charge in [-0.15, -0.1) is 0 Å². The first-order chi connectivity index (χ1) is 9.03. The average molecular weight is 266 g/mol. The summed E-state index contributed by atoms with van der Waals surface area (Å²) in [5, 5.41) is 0. The van der Waals surface area contributed by atoms with Gasteiger partial charge in [0.25, 0.3) is 0 Å². The van der Waals surface area contributed by atoms with E-state index >= 15 is 0 Å². The van der Waals surface area contributed by atoms with E-state index in [1.54, 1.807) is 19.1 Å². The second-order valence-electron chi connectivity index (χ2n) is 4.11. The van der Waals surface area contributed by atoms with Crippen LogP contribution in [0.5, 0.6) is 11.5 Å². The fourth-order valence-electron chi connectivity index (χ4n) is 1.96. The summed E-state index contributed by atoms with van der Waals surface area (Å²) in [4.78, 5) is 21.9. The van der Waals surface area contributed by atoms with Gasteiger partial charge in [-0.3, -0.25) is 9.59 Å². The Balaban J connectivity index is 3.14. The van der Waals surface area contributed by atoms with Gasteiger partial charge in [0.1, 0.15) is 17.6 Å². The van der Waals surface area contributed by atoms with Crippen molar-refractivity contribution in [1.29, 1.82) is 0 Å². The Kier molecular flexibility index (Phi) is 5.36. The number of aldehydes is 1. The van der Waals surface area contributed by atoms with Crippen LogP contribution < -0.4 is 9.47 Å². The molecule has 1 aromatic carbocycles. The van der Waals surface area contributed by atoms with Gasteiger partial charge in [-0.25, -0.2) is 0 Å². The summed E-state index contributed by atoms with van der Waals surface area (Å²) in [6, 6.07) is 3.33. The molecule has 0 heterocycles. The van der Waals surface area contributed by atoms with Crippen molar-refractivity contribution in [1.82, 2.24) is 0 Å². The zero-order valence-corrected chi connectivity index (χ0v) is 11.6. The molecular weight excluding hydrogens is 248 g/mol. The van der Waals surface area contributed by atoms with Crippen LogP contribution >= 0.6 is 0 Å². The third kappa shape index (κ3) is 3.71. The lowest BCUT2D eigenvalue weighted by atomic mass is 10.0. The lowest BCUT2D eigenvalue weighted by Crippen LogP contribution is -2.16. The molecule has 0 fully saturated rings. The smallest absolute Gasteiger partial charge is 0.302 e. The van der Waals surface area contributed by atoms with Crippen molar-refractivity contribution < 1.29 is 23.8 Å². The Morgan fingerprint density at radius 2 is 2.00 bits per heavy atom. The van der Waals surface area contributed by atoms with Crippen LogP contribution in [0, 0.1) is 0 Å². The van der Waals surface area contributed by atoms with Gasteiger partial charge >= 0.3 is 5.97 Å². The van der Waals surface area contributed by atoms with E-state index in [0.717, 1.165) is 6.29 Å². The Morgan fingerprint density at radius 1 is 1.32 bits per heavy atom. The van der Waals surface area contributed by atoms with Gasteiger partial charge in [0.2, 0.25) is 0 Å². The predicted molar refractivity (Wildman–Crippen MR) is 69.9 cm³/mol. The molecule has 5 nitrogen and oxygen atoms in total. The van der Waals surface area contributed by atoms with E-state index in [0.29, 0.717) is 29.0 Å². The van der Waals surface area contributed by atoms with Crippen molar-refractivity contribution in [2.24, 2.45) is 0 Å². The third-order valence-corrected chi connectivity index (χ3v) is 2.66. The zero-order chi connectivity index (χ0) is 14.4. The van der Waals surface area contributed by atoms with E-state index in [2.05, 4.69) is 0 Å². The Hall–Kier alpha value is -2.04. The van der Waals surface area contributed by atoms with E-state index in [4.69, 9.17) is 14.2 Å². The minimum atomic E-state index is -0.350. The highest BCUT2D eigenvalue weighted by Gasteiger charge is 2.18. The second kappa shape index (κ2) is 6.78. The molecule has 0 N–H and O–H groups in total. The molecule has 19 heavy (non-hydrogen) atoms. The highest BCUT2D eigenvalue weighted by atomic mass is 16.5. The summed E-state index contributed by atoms with van der Waals surface area (Å²) in [6.45, 7) is 3.13. The summed E-state index contributed by atoms with van der Waals surface area (Å²) in [5.74, 6) is 0.701. The molecule has 1 aromatic rings. The molecule has 0 aliphatic heterocycles. The molecule has 0 aromatic heterocycles.